The molecular formula is C12H15N. The number of rotatable bonds is 0. The van der Waals surface area contributed by atoms with E-state index in [9.17, 15) is 0 Å². The van der Waals surface area contributed by atoms with E-state index in [0.717, 1.165) is 11.8 Å². The Morgan fingerprint density at radius 3 is 3.08 bits per heavy atom. The summed E-state index contributed by atoms with van der Waals surface area (Å²) in [7, 11) is 0. The second kappa shape index (κ2) is 2.76. The van der Waals surface area contributed by atoms with Crippen LogP contribution in [0, 0.1) is 5.92 Å². The highest BCUT2D eigenvalue weighted by Gasteiger charge is 2.32. The van der Waals surface area contributed by atoms with E-state index in [2.05, 4.69) is 29.6 Å². The lowest BCUT2D eigenvalue weighted by molar-refractivity contribution is 0.495. The number of fused-ring (bicyclic) bond motifs is 3. The SMILES string of the molecule is c1ccc2c(c1)NC[C@@H]1CCC[C@H]21. The quantitative estimate of drug-likeness (QED) is 0.636. The molecule has 1 aromatic rings. The molecule has 68 valence electrons. The van der Waals surface area contributed by atoms with Gasteiger partial charge in [0, 0.05) is 12.2 Å². The number of hydrogen-bond donors (Lipinski definition) is 1. The smallest absolute Gasteiger partial charge is 0.0375 e. The Hall–Kier alpha value is -0.980. The Labute approximate surface area is 79.2 Å². The Bertz CT molecular complexity index is 319. The summed E-state index contributed by atoms with van der Waals surface area (Å²) in [5, 5.41) is 3.53. The molecule has 0 aromatic heterocycles. The Morgan fingerprint density at radius 2 is 2.08 bits per heavy atom. The van der Waals surface area contributed by atoms with Crippen molar-refractivity contribution in [1.29, 1.82) is 0 Å². The third kappa shape index (κ3) is 1.06. The van der Waals surface area contributed by atoms with Gasteiger partial charge in [-0.25, -0.2) is 0 Å². The van der Waals surface area contributed by atoms with Crippen LogP contribution in [0.4, 0.5) is 5.69 Å². The summed E-state index contributed by atoms with van der Waals surface area (Å²) in [4.78, 5) is 0. The van der Waals surface area contributed by atoms with E-state index >= 15 is 0 Å². The van der Waals surface area contributed by atoms with Crippen molar-refractivity contribution >= 4 is 5.69 Å². The molecule has 2 atom stereocenters. The van der Waals surface area contributed by atoms with Gasteiger partial charge in [0.1, 0.15) is 0 Å². The van der Waals surface area contributed by atoms with Gasteiger partial charge in [-0.1, -0.05) is 24.6 Å². The standard InChI is InChI=1S/C12H15N/c1-2-7-12-11(5-1)10-6-3-4-9(10)8-13-12/h1-2,5,7,9-10,13H,3-4,6,8H2/t9-,10-/m0/s1. The van der Waals surface area contributed by atoms with E-state index in [1.165, 1.54) is 31.5 Å². The van der Waals surface area contributed by atoms with Crippen LogP contribution in [-0.2, 0) is 0 Å². The molecule has 0 unspecified atom stereocenters. The van der Waals surface area contributed by atoms with Crippen molar-refractivity contribution in [3.8, 4) is 0 Å². The number of nitrogens with one attached hydrogen (secondary N) is 1. The Morgan fingerprint density at radius 1 is 1.15 bits per heavy atom. The number of para-hydroxylation sites is 1. The number of benzene rings is 1. The number of anilines is 1. The van der Waals surface area contributed by atoms with Gasteiger partial charge in [-0.3, -0.25) is 0 Å². The largest absolute Gasteiger partial charge is 0.385 e. The average Bonchev–Trinajstić information content (AvgIpc) is 2.65. The maximum absolute atomic E-state index is 3.53. The van der Waals surface area contributed by atoms with E-state index in [4.69, 9.17) is 0 Å². The molecule has 1 aromatic carbocycles. The molecule has 0 amide bonds. The zero-order valence-corrected chi connectivity index (χ0v) is 7.79. The molecule has 13 heavy (non-hydrogen) atoms. The molecule has 3 rings (SSSR count). The fraction of sp³-hybridized carbons (Fsp3) is 0.500. The lowest BCUT2D eigenvalue weighted by Gasteiger charge is -2.29. The zero-order valence-electron chi connectivity index (χ0n) is 7.79. The predicted octanol–water partition coefficient (Wildman–Crippen LogP) is 3.00. The van der Waals surface area contributed by atoms with Crippen molar-refractivity contribution in [2.45, 2.75) is 25.2 Å². The molecule has 1 heterocycles. The minimum atomic E-state index is 0.859. The summed E-state index contributed by atoms with van der Waals surface area (Å²) < 4.78 is 0. The van der Waals surface area contributed by atoms with Crippen LogP contribution < -0.4 is 5.32 Å². The topological polar surface area (TPSA) is 12.0 Å². The number of hydrogen-bond acceptors (Lipinski definition) is 1. The molecule has 1 aliphatic heterocycles. The molecule has 1 fully saturated rings. The first-order valence-corrected chi connectivity index (χ1v) is 5.28. The van der Waals surface area contributed by atoms with Crippen molar-refractivity contribution in [2.75, 3.05) is 11.9 Å². The van der Waals surface area contributed by atoms with E-state index in [1.54, 1.807) is 5.56 Å². The zero-order chi connectivity index (χ0) is 8.67. The van der Waals surface area contributed by atoms with Gasteiger partial charge in [0.15, 0.2) is 0 Å². The molecule has 0 saturated heterocycles. The fourth-order valence-corrected chi connectivity index (χ4v) is 2.91. The van der Waals surface area contributed by atoms with Crippen LogP contribution in [0.25, 0.3) is 0 Å². The minimum Gasteiger partial charge on any atom is -0.385 e. The second-order valence-corrected chi connectivity index (χ2v) is 4.27. The highest BCUT2D eigenvalue weighted by molar-refractivity contribution is 5.55. The molecule has 0 bridgehead atoms. The van der Waals surface area contributed by atoms with Gasteiger partial charge >= 0.3 is 0 Å². The van der Waals surface area contributed by atoms with Crippen LogP contribution >= 0.6 is 0 Å². The van der Waals surface area contributed by atoms with Gasteiger partial charge in [0.25, 0.3) is 0 Å². The summed E-state index contributed by atoms with van der Waals surface area (Å²) in [6.45, 7) is 1.20. The van der Waals surface area contributed by atoms with Crippen LogP contribution in [-0.4, -0.2) is 6.54 Å². The van der Waals surface area contributed by atoms with Crippen LogP contribution in [0.1, 0.15) is 30.7 Å². The van der Waals surface area contributed by atoms with Crippen LogP contribution in [0.2, 0.25) is 0 Å². The van der Waals surface area contributed by atoms with E-state index in [0.29, 0.717) is 0 Å². The highest BCUT2D eigenvalue weighted by atomic mass is 14.9. The first-order chi connectivity index (χ1) is 6.45. The molecule has 1 N–H and O–H groups in total. The first-order valence-electron chi connectivity index (χ1n) is 5.28. The van der Waals surface area contributed by atoms with Crippen molar-refractivity contribution in [3.05, 3.63) is 29.8 Å². The van der Waals surface area contributed by atoms with Gasteiger partial charge in [-0.15, -0.1) is 0 Å². The first kappa shape index (κ1) is 7.43. The Balaban J connectivity index is 2.06. The van der Waals surface area contributed by atoms with E-state index < -0.39 is 0 Å². The van der Waals surface area contributed by atoms with Crippen molar-refractivity contribution in [3.63, 3.8) is 0 Å². The van der Waals surface area contributed by atoms with Gasteiger partial charge in [0.05, 0.1) is 0 Å². The highest BCUT2D eigenvalue weighted by Crippen LogP contribution is 2.44. The summed E-state index contributed by atoms with van der Waals surface area (Å²) >= 11 is 0. The Kier molecular flexibility index (Phi) is 1.58. The van der Waals surface area contributed by atoms with Crippen LogP contribution in [0.15, 0.2) is 24.3 Å². The molecule has 0 spiro atoms. The molecule has 0 radical (unpaired) electrons. The van der Waals surface area contributed by atoms with Gasteiger partial charge < -0.3 is 5.32 Å². The van der Waals surface area contributed by atoms with Crippen LogP contribution in [0.5, 0.6) is 0 Å². The van der Waals surface area contributed by atoms with Crippen LogP contribution in [0.3, 0.4) is 0 Å². The fourth-order valence-electron chi connectivity index (χ4n) is 2.91. The maximum Gasteiger partial charge on any atom is 0.0375 e. The molecular weight excluding hydrogens is 158 g/mol. The third-order valence-electron chi connectivity index (χ3n) is 3.57. The van der Waals surface area contributed by atoms with Crippen molar-refractivity contribution in [1.82, 2.24) is 0 Å². The summed E-state index contributed by atoms with van der Waals surface area (Å²) in [6, 6.07) is 8.80. The summed E-state index contributed by atoms with van der Waals surface area (Å²) in [6.07, 6.45) is 4.25. The van der Waals surface area contributed by atoms with Gasteiger partial charge in [0.2, 0.25) is 0 Å². The predicted molar refractivity (Wildman–Crippen MR) is 55.0 cm³/mol. The molecule has 1 saturated carbocycles. The molecule has 1 heteroatoms. The second-order valence-electron chi connectivity index (χ2n) is 4.27. The van der Waals surface area contributed by atoms with Gasteiger partial charge in [-0.2, -0.15) is 0 Å². The molecule has 1 nitrogen and oxygen atoms in total. The van der Waals surface area contributed by atoms with E-state index in [1.807, 2.05) is 0 Å². The molecule has 2 aliphatic rings. The normalized spacial score (nSPS) is 30.5. The average molecular weight is 173 g/mol. The van der Waals surface area contributed by atoms with Crippen molar-refractivity contribution < 1.29 is 0 Å². The summed E-state index contributed by atoms with van der Waals surface area (Å²) in [5.74, 6) is 1.77. The lowest BCUT2D eigenvalue weighted by atomic mass is 9.85. The lowest BCUT2D eigenvalue weighted by Crippen LogP contribution is -2.23. The molecule has 1 aliphatic carbocycles. The monoisotopic (exact) mass is 173 g/mol. The third-order valence-corrected chi connectivity index (χ3v) is 3.57. The van der Waals surface area contributed by atoms with Gasteiger partial charge in [-0.05, 0) is 36.3 Å². The summed E-state index contributed by atoms with van der Waals surface area (Å²) in [5.41, 5.74) is 2.95. The van der Waals surface area contributed by atoms with E-state index in [-0.39, 0.29) is 0 Å². The maximum atomic E-state index is 3.53. The van der Waals surface area contributed by atoms with Crippen molar-refractivity contribution in [2.24, 2.45) is 5.92 Å². The minimum absolute atomic E-state index is 0.859.